The standard InChI is InChI=1S/C21H23N5O2/c1-14-5-10-19(28-4)17(11-14)25-20-13-22-18(12-23-20)21(27)24-15-6-8-16(9-7-15)26(2)3/h5-13H,1-4H3,(H,23,25)(H,24,27). The molecule has 0 aliphatic rings. The van der Waals surface area contributed by atoms with Gasteiger partial charge < -0.3 is 20.3 Å². The Morgan fingerprint density at radius 3 is 2.39 bits per heavy atom. The van der Waals surface area contributed by atoms with Gasteiger partial charge >= 0.3 is 0 Å². The highest BCUT2D eigenvalue weighted by atomic mass is 16.5. The second-order valence-corrected chi connectivity index (χ2v) is 6.51. The van der Waals surface area contributed by atoms with Crippen molar-refractivity contribution >= 4 is 28.8 Å². The van der Waals surface area contributed by atoms with E-state index in [2.05, 4.69) is 20.6 Å². The van der Waals surface area contributed by atoms with Gasteiger partial charge in [-0.1, -0.05) is 6.07 Å². The van der Waals surface area contributed by atoms with E-state index in [-0.39, 0.29) is 11.6 Å². The molecule has 7 nitrogen and oxygen atoms in total. The summed E-state index contributed by atoms with van der Waals surface area (Å²) in [5, 5.41) is 5.98. The topological polar surface area (TPSA) is 79.4 Å². The molecule has 0 spiro atoms. The first-order valence-corrected chi connectivity index (χ1v) is 8.78. The van der Waals surface area contributed by atoms with E-state index in [1.54, 1.807) is 7.11 Å². The molecular formula is C21H23N5O2. The highest BCUT2D eigenvalue weighted by Gasteiger charge is 2.10. The summed E-state index contributed by atoms with van der Waals surface area (Å²) in [6.07, 6.45) is 2.96. The van der Waals surface area contributed by atoms with Crippen molar-refractivity contribution in [3.63, 3.8) is 0 Å². The fraction of sp³-hybridized carbons (Fsp3) is 0.190. The van der Waals surface area contributed by atoms with E-state index in [1.807, 2.05) is 68.4 Å². The number of amides is 1. The van der Waals surface area contributed by atoms with E-state index >= 15 is 0 Å². The number of methoxy groups -OCH3 is 1. The van der Waals surface area contributed by atoms with Crippen molar-refractivity contribution in [1.29, 1.82) is 0 Å². The number of nitrogens with zero attached hydrogens (tertiary/aromatic N) is 3. The van der Waals surface area contributed by atoms with Gasteiger partial charge in [0.05, 0.1) is 25.2 Å². The number of nitrogens with one attached hydrogen (secondary N) is 2. The molecule has 1 amide bonds. The van der Waals surface area contributed by atoms with Gasteiger partial charge in [-0.05, 0) is 48.9 Å². The Bertz CT molecular complexity index is 954. The molecule has 0 saturated heterocycles. The number of anilines is 4. The Labute approximate surface area is 164 Å². The Morgan fingerprint density at radius 2 is 1.79 bits per heavy atom. The number of ether oxygens (including phenoxy) is 1. The Morgan fingerprint density at radius 1 is 1.04 bits per heavy atom. The van der Waals surface area contributed by atoms with Crippen LogP contribution in [0, 0.1) is 6.92 Å². The maximum atomic E-state index is 12.4. The van der Waals surface area contributed by atoms with Crippen LogP contribution in [0.15, 0.2) is 54.9 Å². The molecule has 0 bridgehead atoms. The van der Waals surface area contributed by atoms with E-state index < -0.39 is 0 Å². The van der Waals surface area contributed by atoms with E-state index in [1.165, 1.54) is 12.4 Å². The fourth-order valence-electron chi connectivity index (χ4n) is 2.61. The molecule has 3 aromatic rings. The van der Waals surface area contributed by atoms with E-state index in [9.17, 15) is 4.79 Å². The highest BCUT2D eigenvalue weighted by molar-refractivity contribution is 6.02. The van der Waals surface area contributed by atoms with Gasteiger partial charge in [-0.3, -0.25) is 4.79 Å². The smallest absolute Gasteiger partial charge is 0.275 e. The lowest BCUT2D eigenvalue weighted by atomic mass is 10.2. The quantitative estimate of drug-likeness (QED) is 0.679. The van der Waals surface area contributed by atoms with Crippen molar-refractivity contribution < 1.29 is 9.53 Å². The largest absolute Gasteiger partial charge is 0.495 e. The highest BCUT2D eigenvalue weighted by Crippen LogP contribution is 2.27. The third-order valence-corrected chi connectivity index (χ3v) is 4.14. The van der Waals surface area contributed by atoms with Gasteiger partial charge in [0.15, 0.2) is 0 Å². The average molecular weight is 377 g/mol. The van der Waals surface area contributed by atoms with Gasteiger partial charge in [0.25, 0.3) is 5.91 Å². The summed E-state index contributed by atoms with van der Waals surface area (Å²) < 4.78 is 5.35. The zero-order valence-corrected chi connectivity index (χ0v) is 16.4. The van der Waals surface area contributed by atoms with E-state index in [0.29, 0.717) is 17.3 Å². The van der Waals surface area contributed by atoms with Crippen molar-refractivity contribution in [1.82, 2.24) is 9.97 Å². The third kappa shape index (κ3) is 4.56. The summed E-state index contributed by atoms with van der Waals surface area (Å²) in [5.41, 5.74) is 3.87. The Balaban J connectivity index is 1.68. The van der Waals surface area contributed by atoms with Gasteiger partial charge in [0, 0.05) is 25.5 Å². The second-order valence-electron chi connectivity index (χ2n) is 6.51. The van der Waals surface area contributed by atoms with E-state index in [0.717, 1.165) is 16.9 Å². The average Bonchev–Trinajstić information content (AvgIpc) is 2.69. The number of hydrogen-bond donors (Lipinski definition) is 2. The van der Waals surface area contributed by atoms with Crippen LogP contribution in [-0.4, -0.2) is 37.1 Å². The fourth-order valence-corrected chi connectivity index (χ4v) is 2.61. The first-order chi connectivity index (χ1) is 13.5. The number of rotatable bonds is 6. The summed E-state index contributed by atoms with van der Waals surface area (Å²) in [6, 6.07) is 13.4. The molecule has 0 atom stereocenters. The minimum Gasteiger partial charge on any atom is -0.495 e. The molecule has 0 fully saturated rings. The third-order valence-electron chi connectivity index (χ3n) is 4.14. The molecule has 0 aliphatic carbocycles. The molecular weight excluding hydrogens is 354 g/mol. The van der Waals surface area contributed by atoms with Crippen molar-refractivity contribution in [2.75, 3.05) is 36.7 Å². The van der Waals surface area contributed by atoms with Crippen molar-refractivity contribution in [2.24, 2.45) is 0 Å². The number of hydrogen-bond acceptors (Lipinski definition) is 6. The minimum absolute atomic E-state index is 0.235. The van der Waals surface area contributed by atoms with Crippen LogP contribution in [-0.2, 0) is 0 Å². The Kier molecular flexibility index (Phi) is 5.74. The molecule has 0 aliphatic heterocycles. The first kappa shape index (κ1) is 19.2. The lowest BCUT2D eigenvalue weighted by Crippen LogP contribution is -2.14. The molecule has 0 radical (unpaired) electrons. The Hall–Kier alpha value is -3.61. The normalized spacial score (nSPS) is 10.3. The zero-order valence-electron chi connectivity index (χ0n) is 16.4. The minimum atomic E-state index is -0.315. The number of aromatic nitrogens is 2. The summed E-state index contributed by atoms with van der Waals surface area (Å²) in [6.45, 7) is 1.99. The molecule has 1 aromatic heterocycles. The lowest BCUT2D eigenvalue weighted by Gasteiger charge is -2.13. The second kappa shape index (κ2) is 8.39. The molecule has 3 rings (SSSR count). The summed E-state index contributed by atoms with van der Waals surface area (Å²) >= 11 is 0. The zero-order chi connectivity index (χ0) is 20.1. The summed E-state index contributed by atoms with van der Waals surface area (Å²) in [5.74, 6) is 0.913. The summed E-state index contributed by atoms with van der Waals surface area (Å²) in [4.78, 5) is 22.9. The van der Waals surface area contributed by atoms with Crippen molar-refractivity contribution in [2.45, 2.75) is 6.92 Å². The monoisotopic (exact) mass is 377 g/mol. The lowest BCUT2D eigenvalue weighted by molar-refractivity contribution is 0.102. The van der Waals surface area contributed by atoms with Crippen molar-refractivity contribution in [3.05, 3.63) is 66.1 Å². The van der Waals surface area contributed by atoms with Crippen LogP contribution < -0.4 is 20.3 Å². The number of aryl methyl sites for hydroxylation is 1. The summed E-state index contributed by atoms with van der Waals surface area (Å²) in [7, 11) is 5.54. The van der Waals surface area contributed by atoms with Gasteiger partial charge in [-0.15, -0.1) is 0 Å². The van der Waals surface area contributed by atoms with Crippen LogP contribution in [0.25, 0.3) is 0 Å². The SMILES string of the molecule is COc1ccc(C)cc1Nc1cnc(C(=O)Nc2ccc(N(C)C)cc2)cn1. The molecule has 144 valence electrons. The van der Waals surface area contributed by atoms with Crippen LogP contribution in [0.5, 0.6) is 5.75 Å². The molecule has 0 unspecified atom stereocenters. The van der Waals surface area contributed by atoms with Crippen LogP contribution >= 0.6 is 0 Å². The number of carbonyl (C=O) groups is 1. The first-order valence-electron chi connectivity index (χ1n) is 8.78. The van der Waals surface area contributed by atoms with Gasteiger partial charge in [0.1, 0.15) is 17.3 Å². The molecule has 28 heavy (non-hydrogen) atoms. The maximum absolute atomic E-state index is 12.4. The molecule has 1 heterocycles. The number of carbonyl (C=O) groups excluding carboxylic acids is 1. The van der Waals surface area contributed by atoms with Gasteiger partial charge in [0.2, 0.25) is 0 Å². The molecule has 0 saturated carbocycles. The van der Waals surface area contributed by atoms with Crippen molar-refractivity contribution in [3.8, 4) is 5.75 Å². The van der Waals surface area contributed by atoms with Gasteiger partial charge in [-0.25, -0.2) is 9.97 Å². The van der Waals surface area contributed by atoms with Crippen LogP contribution in [0.2, 0.25) is 0 Å². The molecule has 2 N–H and O–H groups in total. The maximum Gasteiger partial charge on any atom is 0.275 e. The predicted molar refractivity (Wildman–Crippen MR) is 112 cm³/mol. The van der Waals surface area contributed by atoms with E-state index in [4.69, 9.17) is 4.74 Å². The van der Waals surface area contributed by atoms with Crippen LogP contribution in [0.1, 0.15) is 16.1 Å². The molecule has 7 heteroatoms. The molecule has 2 aromatic carbocycles. The number of benzene rings is 2. The van der Waals surface area contributed by atoms with Crippen LogP contribution in [0.3, 0.4) is 0 Å². The predicted octanol–water partition coefficient (Wildman–Crippen LogP) is 3.86. The van der Waals surface area contributed by atoms with Crippen LogP contribution in [0.4, 0.5) is 22.9 Å². The van der Waals surface area contributed by atoms with Gasteiger partial charge in [-0.2, -0.15) is 0 Å².